The Morgan fingerprint density at radius 1 is 0.909 bits per heavy atom. The van der Waals surface area contributed by atoms with Crippen LogP contribution in [0.25, 0.3) is 0 Å². The molecule has 0 fully saturated rings. The van der Waals surface area contributed by atoms with E-state index in [2.05, 4.69) is 0 Å². The maximum absolute atomic E-state index is 11.7. The molecule has 0 saturated carbocycles. The highest BCUT2D eigenvalue weighted by molar-refractivity contribution is 5.74. The SMILES string of the molecule is O=C[C@H](CC(=O)OCc1ccccc1)OCc1ccccc1. The summed E-state index contributed by atoms with van der Waals surface area (Å²) in [7, 11) is 0. The molecule has 0 spiro atoms. The largest absolute Gasteiger partial charge is 0.461 e. The van der Waals surface area contributed by atoms with Gasteiger partial charge in [0.05, 0.1) is 13.0 Å². The van der Waals surface area contributed by atoms with Crippen molar-refractivity contribution in [3.63, 3.8) is 0 Å². The summed E-state index contributed by atoms with van der Waals surface area (Å²) >= 11 is 0. The first-order valence-electron chi connectivity index (χ1n) is 7.08. The summed E-state index contributed by atoms with van der Waals surface area (Å²) in [6.07, 6.45) is -0.237. The molecule has 1 atom stereocenters. The van der Waals surface area contributed by atoms with E-state index in [1.54, 1.807) is 0 Å². The molecule has 0 amide bonds. The maximum Gasteiger partial charge on any atom is 0.309 e. The van der Waals surface area contributed by atoms with Gasteiger partial charge in [-0.2, -0.15) is 0 Å². The van der Waals surface area contributed by atoms with Crippen molar-refractivity contribution in [1.29, 1.82) is 0 Å². The zero-order valence-electron chi connectivity index (χ0n) is 12.2. The lowest BCUT2D eigenvalue weighted by Gasteiger charge is -2.12. The smallest absolute Gasteiger partial charge is 0.309 e. The Bertz CT molecular complexity index is 581. The Labute approximate surface area is 129 Å². The summed E-state index contributed by atoms with van der Waals surface area (Å²) in [6, 6.07) is 18.9. The van der Waals surface area contributed by atoms with Gasteiger partial charge in [-0.15, -0.1) is 0 Å². The number of rotatable bonds is 8. The third kappa shape index (κ3) is 5.50. The van der Waals surface area contributed by atoms with Gasteiger partial charge in [-0.25, -0.2) is 0 Å². The number of hydrogen-bond donors (Lipinski definition) is 0. The Morgan fingerprint density at radius 3 is 2.00 bits per heavy atom. The number of aldehydes is 1. The predicted molar refractivity (Wildman–Crippen MR) is 81.9 cm³/mol. The summed E-state index contributed by atoms with van der Waals surface area (Å²) < 4.78 is 10.6. The normalized spacial score (nSPS) is 11.6. The predicted octanol–water partition coefficient (Wildman–Crippen LogP) is 2.90. The molecule has 0 radical (unpaired) electrons. The number of ether oxygens (including phenoxy) is 2. The van der Waals surface area contributed by atoms with Crippen LogP contribution in [0.3, 0.4) is 0 Å². The Balaban J connectivity index is 1.74. The van der Waals surface area contributed by atoms with Crippen molar-refractivity contribution in [3.05, 3.63) is 71.8 Å². The molecule has 0 bridgehead atoms. The lowest BCUT2D eigenvalue weighted by atomic mass is 10.2. The highest BCUT2D eigenvalue weighted by atomic mass is 16.5. The Morgan fingerprint density at radius 2 is 1.45 bits per heavy atom. The Hall–Kier alpha value is -2.46. The van der Waals surface area contributed by atoms with Crippen LogP contribution < -0.4 is 0 Å². The standard InChI is InChI=1S/C18H18O4/c19-12-17(21-13-15-7-3-1-4-8-15)11-18(20)22-14-16-9-5-2-6-10-16/h1-10,12,17H,11,13-14H2/t17-/m0/s1. The molecule has 4 nitrogen and oxygen atoms in total. The van der Waals surface area contributed by atoms with Crippen molar-refractivity contribution in [2.24, 2.45) is 0 Å². The van der Waals surface area contributed by atoms with E-state index in [9.17, 15) is 9.59 Å². The molecule has 0 N–H and O–H groups in total. The van der Waals surface area contributed by atoms with E-state index in [4.69, 9.17) is 9.47 Å². The molecule has 114 valence electrons. The molecule has 0 aliphatic heterocycles. The van der Waals surface area contributed by atoms with Gasteiger partial charge in [0.1, 0.15) is 19.0 Å². The minimum absolute atomic E-state index is 0.0802. The van der Waals surface area contributed by atoms with Gasteiger partial charge in [-0.3, -0.25) is 4.79 Å². The highest BCUT2D eigenvalue weighted by Gasteiger charge is 2.15. The number of hydrogen-bond acceptors (Lipinski definition) is 4. The van der Waals surface area contributed by atoms with Gasteiger partial charge in [0.2, 0.25) is 0 Å². The van der Waals surface area contributed by atoms with Crippen molar-refractivity contribution >= 4 is 12.3 Å². The van der Waals surface area contributed by atoms with Crippen LogP contribution in [-0.4, -0.2) is 18.4 Å². The molecule has 0 saturated heterocycles. The van der Waals surface area contributed by atoms with Crippen molar-refractivity contribution in [3.8, 4) is 0 Å². The summed E-state index contributed by atoms with van der Waals surface area (Å²) in [5, 5.41) is 0. The van der Waals surface area contributed by atoms with E-state index in [0.717, 1.165) is 11.1 Å². The van der Waals surface area contributed by atoms with Crippen LogP contribution in [0.1, 0.15) is 17.5 Å². The fourth-order valence-electron chi connectivity index (χ4n) is 1.89. The topological polar surface area (TPSA) is 52.6 Å². The average Bonchev–Trinajstić information content (AvgIpc) is 2.58. The van der Waals surface area contributed by atoms with Crippen molar-refractivity contribution in [2.45, 2.75) is 25.7 Å². The van der Waals surface area contributed by atoms with Gasteiger partial charge in [-0.05, 0) is 11.1 Å². The van der Waals surface area contributed by atoms with Gasteiger partial charge in [0.25, 0.3) is 0 Å². The van der Waals surface area contributed by atoms with Crippen LogP contribution in [0.2, 0.25) is 0 Å². The summed E-state index contributed by atoms with van der Waals surface area (Å²) in [5.74, 6) is -0.450. The van der Waals surface area contributed by atoms with Gasteiger partial charge < -0.3 is 14.3 Å². The van der Waals surface area contributed by atoms with Crippen LogP contribution in [0, 0.1) is 0 Å². The molecule has 2 aromatic rings. The van der Waals surface area contributed by atoms with Gasteiger partial charge in [0, 0.05) is 0 Å². The number of carbonyl (C=O) groups excluding carboxylic acids is 2. The molecular formula is C18H18O4. The first-order chi connectivity index (χ1) is 10.8. The molecule has 2 aromatic carbocycles. The summed E-state index contributed by atoms with van der Waals surface area (Å²) in [6.45, 7) is 0.486. The third-order valence-corrected chi connectivity index (χ3v) is 3.07. The minimum Gasteiger partial charge on any atom is -0.461 e. The fraction of sp³-hybridized carbons (Fsp3) is 0.222. The van der Waals surface area contributed by atoms with E-state index in [0.29, 0.717) is 6.29 Å². The average molecular weight is 298 g/mol. The minimum atomic E-state index is -0.788. The quantitative estimate of drug-likeness (QED) is 0.555. The van der Waals surface area contributed by atoms with E-state index in [1.165, 1.54) is 0 Å². The van der Waals surface area contributed by atoms with E-state index in [-0.39, 0.29) is 19.6 Å². The molecule has 0 aromatic heterocycles. The van der Waals surface area contributed by atoms with Crippen LogP contribution >= 0.6 is 0 Å². The molecule has 2 rings (SSSR count). The molecule has 0 aliphatic rings. The fourth-order valence-corrected chi connectivity index (χ4v) is 1.89. The second-order valence-electron chi connectivity index (χ2n) is 4.82. The van der Waals surface area contributed by atoms with Gasteiger partial charge in [0.15, 0.2) is 0 Å². The lowest BCUT2D eigenvalue weighted by Crippen LogP contribution is -2.20. The second-order valence-corrected chi connectivity index (χ2v) is 4.82. The van der Waals surface area contributed by atoms with Crippen LogP contribution in [0.15, 0.2) is 60.7 Å². The Kier molecular flexibility index (Phi) is 6.33. The number of esters is 1. The number of benzene rings is 2. The second kappa shape index (κ2) is 8.74. The zero-order valence-corrected chi connectivity index (χ0v) is 12.2. The first-order valence-corrected chi connectivity index (χ1v) is 7.08. The molecule has 22 heavy (non-hydrogen) atoms. The van der Waals surface area contributed by atoms with E-state index >= 15 is 0 Å². The van der Waals surface area contributed by atoms with Crippen molar-refractivity contribution in [1.82, 2.24) is 0 Å². The maximum atomic E-state index is 11.7. The molecule has 0 unspecified atom stereocenters. The number of carbonyl (C=O) groups is 2. The van der Waals surface area contributed by atoms with E-state index in [1.807, 2.05) is 60.7 Å². The van der Waals surface area contributed by atoms with Crippen LogP contribution in [0.4, 0.5) is 0 Å². The van der Waals surface area contributed by atoms with Gasteiger partial charge in [-0.1, -0.05) is 60.7 Å². The first kappa shape index (κ1) is 15.9. The molecule has 4 heteroatoms. The van der Waals surface area contributed by atoms with Crippen LogP contribution in [0.5, 0.6) is 0 Å². The van der Waals surface area contributed by atoms with Crippen molar-refractivity contribution < 1.29 is 19.1 Å². The zero-order chi connectivity index (χ0) is 15.6. The van der Waals surface area contributed by atoms with Crippen LogP contribution in [-0.2, 0) is 32.3 Å². The lowest BCUT2D eigenvalue weighted by molar-refractivity contribution is -0.150. The van der Waals surface area contributed by atoms with Crippen molar-refractivity contribution in [2.75, 3.05) is 0 Å². The monoisotopic (exact) mass is 298 g/mol. The van der Waals surface area contributed by atoms with E-state index < -0.39 is 12.1 Å². The molecule has 0 aliphatic carbocycles. The van der Waals surface area contributed by atoms with Gasteiger partial charge >= 0.3 is 5.97 Å². The summed E-state index contributed by atoms with van der Waals surface area (Å²) in [4.78, 5) is 22.7. The summed E-state index contributed by atoms with van der Waals surface area (Å²) in [5.41, 5.74) is 1.86. The third-order valence-electron chi connectivity index (χ3n) is 3.07. The highest BCUT2D eigenvalue weighted by Crippen LogP contribution is 2.07. The molecule has 0 heterocycles. The molecular weight excluding hydrogens is 280 g/mol.